The minimum atomic E-state index is 0.733. The summed E-state index contributed by atoms with van der Waals surface area (Å²) in [6, 6.07) is 15.6. The number of rotatable bonds is 4. The van der Waals surface area contributed by atoms with Crippen LogP contribution >= 0.6 is 0 Å². The molecule has 108 valence electrons. The fourth-order valence-electron chi connectivity index (χ4n) is 3.42. The van der Waals surface area contributed by atoms with Crippen LogP contribution in [0.15, 0.2) is 48.0 Å². The SMILES string of the molecule is CCc1ccccc1-c1cccc2c1C=C(CC(C)C)C2. The highest BCUT2D eigenvalue weighted by molar-refractivity contribution is 5.82. The molecule has 0 spiro atoms. The largest absolute Gasteiger partial charge is 0.0649 e. The number of allylic oxidation sites excluding steroid dienone is 1. The van der Waals surface area contributed by atoms with Crippen molar-refractivity contribution >= 4 is 6.08 Å². The number of hydrogen-bond donors (Lipinski definition) is 0. The molecule has 0 atom stereocenters. The zero-order chi connectivity index (χ0) is 14.8. The molecule has 0 aliphatic heterocycles. The lowest BCUT2D eigenvalue weighted by Gasteiger charge is -2.11. The predicted octanol–water partition coefficient (Wildman–Crippen LogP) is 5.90. The van der Waals surface area contributed by atoms with Crippen molar-refractivity contribution in [3.8, 4) is 11.1 Å². The van der Waals surface area contributed by atoms with Crippen LogP contribution in [-0.4, -0.2) is 0 Å². The van der Waals surface area contributed by atoms with Crippen molar-refractivity contribution in [1.82, 2.24) is 0 Å². The van der Waals surface area contributed by atoms with Gasteiger partial charge in [-0.1, -0.05) is 74.9 Å². The Kier molecular flexibility index (Phi) is 3.96. The van der Waals surface area contributed by atoms with Crippen LogP contribution in [0.4, 0.5) is 0 Å². The van der Waals surface area contributed by atoms with Gasteiger partial charge >= 0.3 is 0 Å². The second-order valence-electron chi connectivity index (χ2n) is 6.47. The molecule has 0 bridgehead atoms. The first-order chi connectivity index (χ1) is 10.2. The van der Waals surface area contributed by atoms with Gasteiger partial charge in [0.05, 0.1) is 0 Å². The van der Waals surface area contributed by atoms with Crippen molar-refractivity contribution < 1.29 is 0 Å². The van der Waals surface area contributed by atoms with E-state index in [4.69, 9.17) is 0 Å². The van der Waals surface area contributed by atoms with Crippen LogP contribution < -0.4 is 0 Å². The van der Waals surface area contributed by atoms with Gasteiger partial charge in [-0.2, -0.15) is 0 Å². The van der Waals surface area contributed by atoms with E-state index < -0.39 is 0 Å². The van der Waals surface area contributed by atoms with Gasteiger partial charge < -0.3 is 0 Å². The average molecular weight is 276 g/mol. The molecule has 0 heterocycles. The highest BCUT2D eigenvalue weighted by atomic mass is 14.2. The number of fused-ring (bicyclic) bond motifs is 1. The first-order valence-corrected chi connectivity index (χ1v) is 8.08. The Balaban J connectivity index is 2.07. The molecule has 0 radical (unpaired) electrons. The predicted molar refractivity (Wildman–Crippen MR) is 92.4 cm³/mol. The van der Waals surface area contributed by atoms with E-state index >= 15 is 0 Å². The van der Waals surface area contributed by atoms with Gasteiger partial charge in [-0.15, -0.1) is 0 Å². The van der Waals surface area contributed by atoms with E-state index in [1.807, 2.05) is 0 Å². The molecule has 0 heteroatoms. The topological polar surface area (TPSA) is 0 Å². The Bertz CT molecular complexity index is 674. The summed E-state index contributed by atoms with van der Waals surface area (Å²) in [5.74, 6) is 0.733. The van der Waals surface area contributed by atoms with Crippen LogP contribution in [0.2, 0.25) is 0 Å². The molecular weight excluding hydrogens is 252 g/mol. The van der Waals surface area contributed by atoms with Crippen molar-refractivity contribution in [2.75, 3.05) is 0 Å². The number of aryl methyl sites for hydroxylation is 1. The van der Waals surface area contributed by atoms with Crippen molar-refractivity contribution in [2.24, 2.45) is 5.92 Å². The molecule has 0 N–H and O–H groups in total. The monoisotopic (exact) mass is 276 g/mol. The summed E-state index contributed by atoms with van der Waals surface area (Å²) in [5, 5.41) is 0. The molecule has 3 rings (SSSR count). The van der Waals surface area contributed by atoms with Crippen molar-refractivity contribution in [3.63, 3.8) is 0 Å². The third-order valence-corrected chi connectivity index (χ3v) is 4.32. The Morgan fingerprint density at radius 1 is 0.952 bits per heavy atom. The molecule has 0 fully saturated rings. The van der Waals surface area contributed by atoms with Crippen LogP contribution in [-0.2, 0) is 12.8 Å². The van der Waals surface area contributed by atoms with E-state index in [0.29, 0.717) is 0 Å². The molecule has 21 heavy (non-hydrogen) atoms. The van der Waals surface area contributed by atoms with Gasteiger partial charge in [0.25, 0.3) is 0 Å². The summed E-state index contributed by atoms with van der Waals surface area (Å²) in [6.45, 7) is 6.84. The maximum atomic E-state index is 2.44. The lowest BCUT2D eigenvalue weighted by Crippen LogP contribution is -1.92. The average Bonchev–Trinajstić information content (AvgIpc) is 2.88. The number of hydrogen-bond acceptors (Lipinski definition) is 0. The minimum absolute atomic E-state index is 0.733. The third kappa shape index (κ3) is 2.81. The highest BCUT2D eigenvalue weighted by Crippen LogP contribution is 2.37. The zero-order valence-electron chi connectivity index (χ0n) is 13.3. The second-order valence-corrected chi connectivity index (χ2v) is 6.47. The molecule has 0 nitrogen and oxygen atoms in total. The van der Waals surface area contributed by atoms with Gasteiger partial charge in [0, 0.05) is 0 Å². The first-order valence-electron chi connectivity index (χ1n) is 8.08. The fourth-order valence-corrected chi connectivity index (χ4v) is 3.42. The molecule has 0 amide bonds. The summed E-state index contributed by atoms with van der Waals surface area (Å²) < 4.78 is 0. The molecule has 0 saturated carbocycles. The van der Waals surface area contributed by atoms with Gasteiger partial charge in [0.1, 0.15) is 0 Å². The molecule has 0 unspecified atom stereocenters. The fraction of sp³-hybridized carbons (Fsp3) is 0.333. The lowest BCUT2D eigenvalue weighted by atomic mass is 9.93. The number of benzene rings is 2. The summed E-state index contributed by atoms with van der Waals surface area (Å²) >= 11 is 0. The lowest BCUT2D eigenvalue weighted by molar-refractivity contribution is 0.638. The normalized spacial score (nSPS) is 13.4. The summed E-state index contributed by atoms with van der Waals surface area (Å²) in [6.07, 6.45) is 5.87. The Morgan fingerprint density at radius 3 is 2.48 bits per heavy atom. The molecule has 0 aromatic heterocycles. The van der Waals surface area contributed by atoms with Gasteiger partial charge in [0.2, 0.25) is 0 Å². The Labute approximate surface area is 128 Å². The molecule has 2 aromatic rings. The van der Waals surface area contributed by atoms with E-state index in [2.05, 4.69) is 69.3 Å². The van der Waals surface area contributed by atoms with Gasteiger partial charge in [-0.05, 0) is 53.0 Å². The Hall–Kier alpha value is -1.82. The minimum Gasteiger partial charge on any atom is -0.0649 e. The van der Waals surface area contributed by atoms with E-state index in [-0.39, 0.29) is 0 Å². The first kappa shape index (κ1) is 14.1. The molecule has 1 aliphatic rings. The summed E-state index contributed by atoms with van der Waals surface area (Å²) in [5.41, 5.74) is 8.78. The van der Waals surface area contributed by atoms with E-state index in [1.54, 1.807) is 5.57 Å². The van der Waals surface area contributed by atoms with Crippen LogP contribution in [0.1, 0.15) is 43.9 Å². The molecule has 2 aromatic carbocycles. The zero-order valence-corrected chi connectivity index (χ0v) is 13.3. The van der Waals surface area contributed by atoms with Crippen LogP contribution in [0.3, 0.4) is 0 Å². The van der Waals surface area contributed by atoms with Crippen molar-refractivity contribution in [3.05, 3.63) is 64.7 Å². The third-order valence-electron chi connectivity index (χ3n) is 4.32. The van der Waals surface area contributed by atoms with E-state index in [1.165, 1.54) is 34.2 Å². The van der Waals surface area contributed by atoms with Crippen molar-refractivity contribution in [1.29, 1.82) is 0 Å². The van der Waals surface area contributed by atoms with Crippen LogP contribution in [0.25, 0.3) is 17.2 Å². The van der Waals surface area contributed by atoms with Crippen LogP contribution in [0, 0.1) is 5.92 Å². The Morgan fingerprint density at radius 2 is 1.71 bits per heavy atom. The van der Waals surface area contributed by atoms with Gasteiger partial charge in [0.15, 0.2) is 0 Å². The van der Waals surface area contributed by atoms with Gasteiger partial charge in [-0.3, -0.25) is 0 Å². The molecule has 1 aliphatic carbocycles. The molecule has 0 saturated heterocycles. The maximum absolute atomic E-state index is 2.44. The van der Waals surface area contributed by atoms with E-state index in [0.717, 1.165) is 18.8 Å². The second kappa shape index (κ2) is 5.89. The van der Waals surface area contributed by atoms with Crippen LogP contribution in [0.5, 0.6) is 0 Å². The standard InChI is InChI=1S/C21H24/c1-4-17-8-5-6-10-19(17)20-11-7-9-18-13-16(12-15(2)3)14-21(18)20/h5-11,14-15H,4,12-13H2,1-3H3. The van der Waals surface area contributed by atoms with Gasteiger partial charge in [-0.25, -0.2) is 0 Å². The van der Waals surface area contributed by atoms with E-state index in [9.17, 15) is 0 Å². The maximum Gasteiger partial charge on any atom is -0.00575 e. The smallest absolute Gasteiger partial charge is 0.00575 e. The summed E-state index contributed by atoms with van der Waals surface area (Å²) in [4.78, 5) is 0. The quantitative estimate of drug-likeness (QED) is 0.652. The van der Waals surface area contributed by atoms with Crippen molar-refractivity contribution in [2.45, 2.75) is 40.0 Å². The summed E-state index contributed by atoms with van der Waals surface area (Å²) in [7, 11) is 0. The molecular formula is C21H24. The highest BCUT2D eigenvalue weighted by Gasteiger charge is 2.17.